The highest BCUT2D eigenvalue weighted by Gasteiger charge is 2.59. The summed E-state index contributed by atoms with van der Waals surface area (Å²) in [4.78, 5) is 13.1. The Labute approximate surface area is 128 Å². The molecule has 4 rings (SSSR count). The molecule has 21 heavy (non-hydrogen) atoms. The molecule has 2 atom stereocenters. The van der Waals surface area contributed by atoms with Crippen LogP contribution in [0.25, 0.3) is 0 Å². The zero-order valence-corrected chi connectivity index (χ0v) is 13.7. The van der Waals surface area contributed by atoms with Crippen LogP contribution in [0.1, 0.15) is 72.1 Å². The van der Waals surface area contributed by atoms with Crippen molar-refractivity contribution < 1.29 is 4.79 Å². The number of rotatable bonds is 4. The average Bonchev–Trinajstić information content (AvgIpc) is 2.42. The molecule has 3 heteroatoms. The minimum atomic E-state index is -0.665. The van der Waals surface area contributed by atoms with Crippen LogP contribution in [0, 0.1) is 34.0 Å². The van der Waals surface area contributed by atoms with Crippen molar-refractivity contribution in [3.63, 3.8) is 0 Å². The number of hydrogen-bond donors (Lipinski definition) is 1. The van der Waals surface area contributed by atoms with E-state index in [2.05, 4.69) is 18.3 Å². The Morgan fingerprint density at radius 3 is 2.24 bits per heavy atom. The zero-order valence-electron chi connectivity index (χ0n) is 13.7. The second-order valence-electron chi connectivity index (χ2n) is 8.41. The highest BCUT2D eigenvalue weighted by Crippen LogP contribution is 2.65. The molecule has 0 heterocycles. The van der Waals surface area contributed by atoms with E-state index in [1.165, 1.54) is 19.3 Å². The molecule has 0 saturated heterocycles. The topological polar surface area (TPSA) is 52.9 Å². The van der Waals surface area contributed by atoms with Gasteiger partial charge < -0.3 is 5.32 Å². The summed E-state index contributed by atoms with van der Waals surface area (Å²) in [6.07, 6.45) is 8.47. The molecule has 0 aromatic rings. The second-order valence-corrected chi connectivity index (χ2v) is 8.41. The molecule has 1 N–H and O–H groups in total. The van der Waals surface area contributed by atoms with Crippen LogP contribution >= 0.6 is 0 Å². The predicted molar refractivity (Wildman–Crippen MR) is 82.3 cm³/mol. The number of amides is 1. The minimum absolute atomic E-state index is 0.174. The lowest BCUT2D eigenvalue weighted by Crippen LogP contribution is -2.60. The van der Waals surface area contributed by atoms with Crippen LogP contribution in [-0.4, -0.2) is 11.4 Å². The van der Waals surface area contributed by atoms with Gasteiger partial charge in [-0.05, 0) is 68.6 Å². The maximum atomic E-state index is 13.1. The van der Waals surface area contributed by atoms with Crippen molar-refractivity contribution in [1.29, 1.82) is 5.26 Å². The Hall–Kier alpha value is -1.04. The van der Waals surface area contributed by atoms with E-state index in [1.54, 1.807) is 0 Å². The molecular formula is C18H28N2O. The van der Waals surface area contributed by atoms with Gasteiger partial charge in [0.15, 0.2) is 0 Å². The van der Waals surface area contributed by atoms with E-state index in [9.17, 15) is 10.1 Å². The van der Waals surface area contributed by atoms with Crippen molar-refractivity contribution in [3.8, 4) is 6.07 Å². The van der Waals surface area contributed by atoms with Crippen LogP contribution in [0.15, 0.2) is 0 Å². The molecule has 1 amide bonds. The highest BCUT2D eigenvalue weighted by atomic mass is 16.2. The highest BCUT2D eigenvalue weighted by molar-refractivity contribution is 5.84. The number of nitrogens with zero attached hydrogens (tertiary/aromatic N) is 1. The summed E-state index contributed by atoms with van der Waals surface area (Å²) in [6.45, 7) is 6.37. The lowest BCUT2D eigenvalue weighted by atomic mass is 9.44. The number of nitriles is 1. The summed E-state index contributed by atoms with van der Waals surface area (Å²) in [5.41, 5.74) is -0.470. The molecule has 0 radical (unpaired) electrons. The maximum Gasteiger partial charge on any atom is 0.227 e. The van der Waals surface area contributed by atoms with E-state index in [-0.39, 0.29) is 11.3 Å². The molecule has 0 spiro atoms. The number of hydrogen-bond acceptors (Lipinski definition) is 2. The second kappa shape index (κ2) is 4.73. The molecule has 4 aliphatic carbocycles. The van der Waals surface area contributed by atoms with Gasteiger partial charge in [-0.25, -0.2) is 0 Å². The van der Waals surface area contributed by atoms with Crippen molar-refractivity contribution >= 4 is 5.91 Å². The molecule has 116 valence electrons. The lowest BCUT2D eigenvalue weighted by molar-refractivity contribution is -0.156. The molecule has 0 aromatic heterocycles. The minimum Gasteiger partial charge on any atom is -0.337 e. The van der Waals surface area contributed by atoms with Gasteiger partial charge in [-0.3, -0.25) is 4.79 Å². The fourth-order valence-corrected chi connectivity index (χ4v) is 5.95. The van der Waals surface area contributed by atoms with E-state index in [1.807, 2.05) is 13.8 Å². The first-order chi connectivity index (χ1) is 9.88. The van der Waals surface area contributed by atoms with Crippen molar-refractivity contribution in [3.05, 3.63) is 0 Å². The van der Waals surface area contributed by atoms with Crippen LogP contribution in [-0.2, 0) is 4.79 Å². The van der Waals surface area contributed by atoms with Crippen LogP contribution in [0.2, 0.25) is 0 Å². The molecular weight excluding hydrogens is 260 g/mol. The average molecular weight is 288 g/mol. The Morgan fingerprint density at radius 2 is 1.81 bits per heavy atom. The number of nitrogens with one attached hydrogen (secondary N) is 1. The van der Waals surface area contributed by atoms with Gasteiger partial charge in [0.2, 0.25) is 5.91 Å². The fourth-order valence-electron chi connectivity index (χ4n) is 5.95. The Balaban J connectivity index is 1.83. The fraction of sp³-hybridized carbons (Fsp3) is 0.889. The first-order valence-corrected chi connectivity index (χ1v) is 8.62. The van der Waals surface area contributed by atoms with Gasteiger partial charge in [-0.2, -0.15) is 5.26 Å². The normalized spacial score (nSPS) is 40.9. The molecule has 4 fully saturated rings. The maximum absolute atomic E-state index is 13.1. The van der Waals surface area contributed by atoms with E-state index < -0.39 is 5.54 Å². The van der Waals surface area contributed by atoms with Gasteiger partial charge in [-0.15, -0.1) is 0 Å². The predicted octanol–water partition coefficient (Wildman–Crippen LogP) is 3.79. The largest absolute Gasteiger partial charge is 0.337 e. The van der Waals surface area contributed by atoms with Gasteiger partial charge in [0.05, 0.1) is 11.5 Å². The lowest BCUT2D eigenvalue weighted by Gasteiger charge is -2.60. The molecule has 3 nitrogen and oxygen atoms in total. The quantitative estimate of drug-likeness (QED) is 0.855. The van der Waals surface area contributed by atoms with Gasteiger partial charge in [0.1, 0.15) is 5.54 Å². The summed E-state index contributed by atoms with van der Waals surface area (Å²) in [6, 6.07) is 2.36. The SMILES string of the molecule is CCC(C#N)(CC)NC(=O)C12CC3CC(CC(C)(C3)C1)C2. The van der Waals surface area contributed by atoms with E-state index in [0.29, 0.717) is 18.3 Å². The molecule has 0 aliphatic heterocycles. The molecule has 2 unspecified atom stereocenters. The molecule has 4 bridgehead atoms. The van der Waals surface area contributed by atoms with Gasteiger partial charge in [0, 0.05) is 0 Å². The van der Waals surface area contributed by atoms with Crippen molar-refractivity contribution in [2.75, 3.05) is 0 Å². The smallest absolute Gasteiger partial charge is 0.227 e. The van der Waals surface area contributed by atoms with Crippen molar-refractivity contribution in [1.82, 2.24) is 5.32 Å². The Kier molecular flexibility index (Phi) is 3.35. The van der Waals surface area contributed by atoms with Crippen LogP contribution in [0.5, 0.6) is 0 Å². The summed E-state index contributed by atoms with van der Waals surface area (Å²) >= 11 is 0. The summed E-state index contributed by atoms with van der Waals surface area (Å²) in [7, 11) is 0. The third kappa shape index (κ3) is 2.28. The van der Waals surface area contributed by atoms with Crippen LogP contribution < -0.4 is 5.32 Å². The van der Waals surface area contributed by atoms with Gasteiger partial charge in [0.25, 0.3) is 0 Å². The molecule has 0 aromatic carbocycles. The molecule has 4 saturated carbocycles. The third-order valence-corrected chi connectivity index (χ3v) is 6.61. The summed E-state index contributed by atoms with van der Waals surface area (Å²) < 4.78 is 0. The van der Waals surface area contributed by atoms with Gasteiger partial charge >= 0.3 is 0 Å². The Bertz CT molecular complexity index is 472. The van der Waals surface area contributed by atoms with E-state index >= 15 is 0 Å². The zero-order chi connectivity index (χ0) is 15.3. The van der Waals surface area contributed by atoms with Crippen LogP contribution in [0.3, 0.4) is 0 Å². The van der Waals surface area contributed by atoms with E-state index in [4.69, 9.17) is 0 Å². The number of carbonyl (C=O) groups is 1. The first kappa shape index (κ1) is 14.9. The third-order valence-electron chi connectivity index (χ3n) is 6.61. The summed E-state index contributed by atoms with van der Waals surface area (Å²) in [5.74, 6) is 1.65. The molecule has 4 aliphatic rings. The van der Waals surface area contributed by atoms with Crippen molar-refractivity contribution in [2.45, 2.75) is 77.7 Å². The summed E-state index contributed by atoms with van der Waals surface area (Å²) in [5, 5.41) is 12.6. The first-order valence-electron chi connectivity index (χ1n) is 8.62. The van der Waals surface area contributed by atoms with Gasteiger partial charge in [-0.1, -0.05) is 20.8 Å². The van der Waals surface area contributed by atoms with Crippen molar-refractivity contribution in [2.24, 2.45) is 22.7 Å². The van der Waals surface area contributed by atoms with E-state index in [0.717, 1.165) is 31.1 Å². The van der Waals surface area contributed by atoms with Crippen LogP contribution in [0.4, 0.5) is 0 Å². The number of carbonyl (C=O) groups excluding carboxylic acids is 1. The Morgan fingerprint density at radius 1 is 1.24 bits per heavy atom. The standard InChI is InChI=1S/C18H28N2O/c1-4-18(5-2,12-19)20-15(21)17-9-13-6-14(10-17)8-16(3,7-13)11-17/h13-14H,4-11H2,1-3H3,(H,20,21). The monoisotopic (exact) mass is 288 g/mol.